The zero-order valence-electron chi connectivity index (χ0n) is 18.0. The molecule has 0 radical (unpaired) electrons. The van der Waals surface area contributed by atoms with Crippen LogP contribution in [0.5, 0.6) is 0 Å². The van der Waals surface area contributed by atoms with Gasteiger partial charge in [-0.05, 0) is 55.6 Å². The Balaban J connectivity index is 1.45. The van der Waals surface area contributed by atoms with Crippen molar-refractivity contribution in [3.05, 3.63) is 46.3 Å². The molecule has 0 atom stereocenters. The van der Waals surface area contributed by atoms with E-state index in [2.05, 4.69) is 5.32 Å². The number of hydrogen-bond donors (Lipinski definition) is 1. The van der Waals surface area contributed by atoms with Crippen LogP contribution in [0.15, 0.2) is 35.2 Å². The van der Waals surface area contributed by atoms with Crippen LogP contribution in [0.4, 0.5) is 5.00 Å². The third kappa shape index (κ3) is 4.68. The molecule has 172 valence electrons. The van der Waals surface area contributed by atoms with Crippen LogP contribution in [0, 0.1) is 0 Å². The van der Waals surface area contributed by atoms with Crippen molar-refractivity contribution >= 4 is 49.7 Å². The number of thiophene rings is 1. The third-order valence-corrected chi connectivity index (χ3v) is 9.42. The van der Waals surface area contributed by atoms with Gasteiger partial charge in [0.1, 0.15) is 5.00 Å². The third-order valence-electron chi connectivity index (χ3n) is 5.94. The number of methoxy groups -OCH3 is 1. The molecule has 1 fully saturated rings. The van der Waals surface area contributed by atoms with Crippen molar-refractivity contribution in [3.8, 4) is 0 Å². The van der Waals surface area contributed by atoms with E-state index in [-0.39, 0.29) is 5.97 Å². The molecule has 1 saturated heterocycles. The van der Waals surface area contributed by atoms with Gasteiger partial charge in [-0.15, -0.1) is 11.3 Å². The topological polar surface area (TPSA) is 79.0 Å². The number of sulfonamides is 1. The lowest BCUT2D eigenvalue weighted by atomic mass is 10.1. The summed E-state index contributed by atoms with van der Waals surface area (Å²) in [5, 5.41) is 4.50. The molecule has 1 aromatic heterocycles. The first-order chi connectivity index (χ1) is 15.4. The van der Waals surface area contributed by atoms with E-state index in [1.807, 2.05) is 4.90 Å². The highest BCUT2D eigenvalue weighted by molar-refractivity contribution is 7.89. The van der Waals surface area contributed by atoms with Gasteiger partial charge in [0, 0.05) is 31.1 Å². The number of carbonyl (C=O) groups is 1. The normalized spacial score (nSPS) is 17.3. The molecule has 1 aliphatic carbocycles. The highest BCUT2D eigenvalue weighted by atomic mass is 32.2. The highest BCUT2D eigenvalue weighted by Crippen LogP contribution is 2.38. The number of piperazine rings is 1. The van der Waals surface area contributed by atoms with Crippen LogP contribution in [-0.4, -0.2) is 62.0 Å². The molecular weight excluding hydrogens is 466 g/mol. The van der Waals surface area contributed by atoms with Crippen LogP contribution < -0.4 is 5.32 Å². The van der Waals surface area contributed by atoms with E-state index in [4.69, 9.17) is 17.0 Å². The Morgan fingerprint density at radius 3 is 2.44 bits per heavy atom. The molecule has 2 aliphatic rings. The summed E-state index contributed by atoms with van der Waals surface area (Å²) >= 11 is 7.21. The molecule has 2 aromatic rings. The molecule has 2 heterocycles. The van der Waals surface area contributed by atoms with Gasteiger partial charge in [-0.1, -0.05) is 24.6 Å². The summed E-state index contributed by atoms with van der Waals surface area (Å²) in [6.45, 7) is 1.67. The van der Waals surface area contributed by atoms with Crippen molar-refractivity contribution in [3.63, 3.8) is 0 Å². The average molecular weight is 494 g/mol. The minimum Gasteiger partial charge on any atom is -0.465 e. The Morgan fingerprint density at radius 2 is 1.75 bits per heavy atom. The average Bonchev–Trinajstić information content (AvgIpc) is 2.99. The number of rotatable bonds is 4. The second-order valence-corrected chi connectivity index (χ2v) is 11.3. The van der Waals surface area contributed by atoms with Gasteiger partial charge >= 0.3 is 5.97 Å². The lowest BCUT2D eigenvalue weighted by molar-refractivity contribution is 0.0601. The molecule has 4 rings (SSSR count). The number of hydrogen-bond acceptors (Lipinski definition) is 6. The fourth-order valence-corrected chi connectivity index (χ4v) is 7.27. The second kappa shape index (κ2) is 9.86. The maximum Gasteiger partial charge on any atom is 0.341 e. The second-order valence-electron chi connectivity index (χ2n) is 7.89. The van der Waals surface area contributed by atoms with Gasteiger partial charge in [0.05, 0.1) is 17.6 Å². The van der Waals surface area contributed by atoms with Crippen molar-refractivity contribution in [2.45, 2.75) is 37.0 Å². The molecule has 1 N–H and O–H groups in total. The van der Waals surface area contributed by atoms with Crippen LogP contribution in [0.2, 0.25) is 0 Å². The number of anilines is 1. The van der Waals surface area contributed by atoms with Crippen LogP contribution in [0.1, 0.15) is 40.1 Å². The summed E-state index contributed by atoms with van der Waals surface area (Å²) in [4.78, 5) is 16.0. The molecule has 1 aliphatic heterocycles. The molecule has 7 nitrogen and oxygen atoms in total. The molecule has 1 aromatic carbocycles. The maximum absolute atomic E-state index is 12.9. The van der Waals surface area contributed by atoms with E-state index < -0.39 is 10.0 Å². The van der Waals surface area contributed by atoms with Gasteiger partial charge in [0.2, 0.25) is 10.0 Å². The van der Waals surface area contributed by atoms with E-state index in [1.54, 1.807) is 41.7 Å². The fourth-order valence-electron chi connectivity index (χ4n) is 4.20. The van der Waals surface area contributed by atoms with Crippen LogP contribution in [-0.2, 0) is 27.6 Å². The van der Waals surface area contributed by atoms with Crippen molar-refractivity contribution < 1.29 is 17.9 Å². The minimum absolute atomic E-state index is 0.303. The lowest BCUT2D eigenvalue weighted by Crippen LogP contribution is -2.51. The molecule has 32 heavy (non-hydrogen) atoms. The zero-order valence-corrected chi connectivity index (χ0v) is 20.5. The summed E-state index contributed by atoms with van der Waals surface area (Å²) in [6.07, 6.45) is 5.19. The first kappa shape index (κ1) is 23.2. The highest BCUT2D eigenvalue weighted by Gasteiger charge is 2.30. The first-order valence-electron chi connectivity index (χ1n) is 10.8. The SMILES string of the molecule is COC(=O)c1c(NC(=S)N2CCN(S(=O)(=O)c3ccccc3)CC2)sc2c1CCCCC2. The Bertz CT molecular complexity index is 1090. The Labute approximate surface area is 198 Å². The van der Waals surface area contributed by atoms with Crippen LogP contribution in [0.25, 0.3) is 0 Å². The number of aryl methyl sites for hydroxylation is 1. The van der Waals surface area contributed by atoms with Crippen molar-refractivity contribution in [2.75, 3.05) is 38.6 Å². The molecular formula is C22H27N3O4S3. The molecule has 0 bridgehead atoms. The summed E-state index contributed by atoms with van der Waals surface area (Å²) in [5.41, 5.74) is 1.69. The number of nitrogens with zero attached hydrogens (tertiary/aromatic N) is 2. The van der Waals surface area contributed by atoms with E-state index in [0.29, 0.717) is 41.8 Å². The zero-order chi connectivity index (χ0) is 22.7. The standard InChI is InChI=1S/C22H27N3O4S3/c1-29-21(26)19-17-10-6-3-7-11-18(17)31-20(19)23-22(30)24-12-14-25(15-13-24)32(27,28)16-8-4-2-5-9-16/h2,4-5,8-9H,3,6-7,10-15H2,1H3,(H,23,30). The van der Waals surface area contributed by atoms with Crippen molar-refractivity contribution in [1.29, 1.82) is 0 Å². The van der Waals surface area contributed by atoms with Crippen molar-refractivity contribution in [2.24, 2.45) is 0 Å². The smallest absolute Gasteiger partial charge is 0.341 e. The summed E-state index contributed by atoms with van der Waals surface area (Å²) in [6, 6.07) is 8.48. The van der Waals surface area contributed by atoms with Gasteiger partial charge in [-0.2, -0.15) is 4.31 Å². The Hall–Kier alpha value is -2.01. The quantitative estimate of drug-likeness (QED) is 0.397. The molecule has 0 amide bonds. The van der Waals surface area contributed by atoms with Gasteiger partial charge in [-0.25, -0.2) is 13.2 Å². The van der Waals surface area contributed by atoms with E-state index in [1.165, 1.54) is 22.7 Å². The van der Waals surface area contributed by atoms with Crippen LogP contribution >= 0.6 is 23.6 Å². The predicted octanol–water partition coefficient (Wildman–Crippen LogP) is 3.51. The van der Waals surface area contributed by atoms with E-state index >= 15 is 0 Å². The largest absolute Gasteiger partial charge is 0.465 e. The monoisotopic (exact) mass is 493 g/mol. The van der Waals surface area contributed by atoms with E-state index in [9.17, 15) is 13.2 Å². The molecule has 0 unspecified atom stereocenters. The minimum atomic E-state index is -3.51. The fraction of sp³-hybridized carbons (Fsp3) is 0.455. The molecule has 0 spiro atoms. The Kier molecular flexibility index (Phi) is 7.14. The molecule has 10 heteroatoms. The van der Waals surface area contributed by atoms with E-state index in [0.717, 1.165) is 36.2 Å². The van der Waals surface area contributed by atoms with Gasteiger partial charge in [0.25, 0.3) is 0 Å². The van der Waals surface area contributed by atoms with Crippen molar-refractivity contribution in [1.82, 2.24) is 9.21 Å². The number of benzene rings is 1. The lowest BCUT2D eigenvalue weighted by Gasteiger charge is -2.35. The summed E-state index contributed by atoms with van der Waals surface area (Å²) < 4.78 is 32.3. The van der Waals surface area contributed by atoms with Gasteiger partial charge in [0.15, 0.2) is 5.11 Å². The summed E-state index contributed by atoms with van der Waals surface area (Å²) in [5.74, 6) is -0.339. The first-order valence-corrected chi connectivity index (χ1v) is 13.4. The maximum atomic E-state index is 12.9. The Morgan fingerprint density at radius 1 is 1.06 bits per heavy atom. The number of thiocarbonyl (C=S) groups is 1. The number of fused-ring (bicyclic) bond motifs is 1. The number of carbonyl (C=O) groups excluding carboxylic acids is 1. The van der Waals surface area contributed by atoms with Gasteiger partial charge < -0.3 is 15.0 Å². The van der Waals surface area contributed by atoms with Gasteiger partial charge in [-0.3, -0.25) is 0 Å². The number of esters is 1. The molecule has 0 saturated carbocycles. The number of ether oxygens (including phenoxy) is 1. The predicted molar refractivity (Wildman–Crippen MR) is 130 cm³/mol. The summed E-state index contributed by atoms with van der Waals surface area (Å²) in [7, 11) is -2.11. The number of nitrogens with one attached hydrogen (secondary N) is 1. The van der Waals surface area contributed by atoms with Crippen LogP contribution in [0.3, 0.4) is 0 Å².